The van der Waals surface area contributed by atoms with Crippen molar-refractivity contribution in [2.24, 2.45) is 5.92 Å². The topological polar surface area (TPSA) is 58.6 Å². The molecule has 2 aliphatic heterocycles. The number of alkyl carbamates (subject to hydrolysis) is 1. The highest BCUT2D eigenvalue weighted by Crippen LogP contribution is 2.48. The van der Waals surface area contributed by atoms with E-state index in [2.05, 4.69) is 5.32 Å². The van der Waals surface area contributed by atoms with Crippen molar-refractivity contribution in [1.29, 1.82) is 0 Å². The molecule has 5 nitrogen and oxygen atoms in total. The number of hydrogen-bond donors (Lipinski definition) is 1. The van der Waals surface area contributed by atoms with Crippen molar-refractivity contribution in [3.05, 3.63) is 59.4 Å². The average Bonchev–Trinajstić information content (AvgIpc) is 2.98. The fourth-order valence-corrected chi connectivity index (χ4v) is 5.46. The molecule has 2 atom stereocenters. The van der Waals surface area contributed by atoms with Crippen LogP contribution in [0.1, 0.15) is 24.8 Å². The first-order chi connectivity index (χ1) is 17.0. The Kier molecular flexibility index (Phi) is 5.91. The molecule has 2 aromatic carbocycles. The molecular formula is C25H22F6N2O3. The molecule has 0 aromatic heterocycles. The van der Waals surface area contributed by atoms with E-state index in [9.17, 15) is 22.8 Å². The smallest absolute Gasteiger partial charge is 0.407 e. The molecule has 11 heteroatoms. The molecule has 0 radical (unpaired) electrons. The van der Waals surface area contributed by atoms with Crippen molar-refractivity contribution in [1.82, 2.24) is 10.2 Å². The van der Waals surface area contributed by atoms with Crippen LogP contribution in [0.5, 0.6) is 0 Å². The first-order valence-electron chi connectivity index (χ1n) is 11.5. The van der Waals surface area contributed by atoms with E-state index in [1.807, 2.05) is 0 Å². The second-order valence-electron chi connectivity index (χ2n) is 9.58. The number of carbonyl (C=O) groups is 2. The Labute approximate surface area is 202 Å². The number of amides is 2. The van der Waals surface area contributed by atoms with Gasteiger partial charge in [0, 0.05) is 24.0 Å². The predicted molar refractivity (Wildman–Crippen MR) is 115 cm³/mol. The predicted octanol–water partition coefficient (Wildman–Crippen LogP) is 4.78. The van der Waals surface area contributed by atoms with Gasteiger partial charge in [0.1, 0.15) is 29.2 Å². The van der Waals surface area contributed by atoms with Crippen LogP contribution in [0.15, 0.2) is 36.4 Å². The summed E-state index contributed by atoms with van der Waals surface area (Å²) in [5, 5.41) is 2.20. The lowest BCUT2D eigenvalue weighted by atomic mass is 9.79. The Morgan fingerprint density at radius 1 is 1.11 bits per heavy atom. The number of likely N-dealkylation sites (tertiary alicyclic amines) is 1. The minimum Gasteiger partial charge on any atom is -0.449 e. The highest BCUT2D eigenvalue weighted by atomic mass is 19.3. The van der Waals surface area contributed by atoms with Crippen LogP contribution >= 0.6 is 0 Å². The third-order valence-corrected chi connectivity index (χ3v) is 7.40. The van der Waals surface area contributed by atoms with Crippen LogP contribution in [0.3, 0.4) is 0 Å². The number of cyclic esters (lactones) is 1. The summed E-state index contributed by atoms with van der Waals surface area (Å²) in [4.78, 5) is 26.1. The zero-order valence-electron chi connectivity index (χ0n) is 18.9. The van der Waals surface area contributed by atoms with Crippen LogP contribution in [-0.2, 0) is 16.0 Å². The van der Waals surface area contributed by atoms with Crippen molar-refractivity contribution >= 4 is 12.0 Å². The molecule has 1 aliphatic carbocycles. The maximum absolute atomic E-state index is 15.6. The Balaban J connectivity index is 1.55. The molecule has 2 aromatic rings. The van der Waals surface area contributed by atoms with Crippen molar-refractivity contribution < 1.29 is 40.7 Å². The number of nitrogens with one attached hydrogen (secondary N) is 1. The molecule has 0 bridgehead atoms. The van der Waals surface area contributed by atoms with Crippen molar-refractivity contribution in [2.45, 2.75) is 49.4 Å². The van der Waals surface area contributed by atoms with E-state index in [1.165, 1.54) is 18.2 Å². The quantitative estimate of drug-likeness (QED) is 0.601. The van der Waals surface area contributed by atoms with Gasteiger partial charge in [0.05, 0.1) is 19.2 Å². The number of ether oxygens (including phenoxy) is 1. The Hall–Kier alpha value is -3.24. The normalized spacial score (nSPS) is 29.0. The molecule has 3 fully saturated rings. The monoisotopic (exact) mass is 512 g/mol. The number of rotatable bonds is 4. The van der Waals surface area contributed by atoms with Gasteiger partial charge in [0.15, 0.2) is 0 Å². The zero-order valence-corrected chi connectivity index (χ0v) is 18.9. The third-order valence-electron chi connectivity index (χ3n) is 7.40. The van der Waals surface area contributed by atoms with Gasteiger partial charge in [-0.1, -0.05) is 18.2 Å². The lowest BCUT2D eigenvalue weighted by Gasteiger charge is -2.43. The molecule has 2 amide bonds. The molecular weight excluding hydrogens is 490 g/mol. The highest BCUT2D eigenvalue weighted by Gasteiger charge is 2.69. The first kappa shape index (κ1) is 24.5. The Bertz CT molecular complexity index is 1200. The van der Waals surface area contributed by atoms with Gasteiger partial charge in [0.2, 0.25) is 5.91 Å². The van der Waals surface area contributed by atoms with E-state index in [0.717, 1.165) is 17.0 Å². The van der Waals surface area contributed by atoms with E-state index < -0.39 is 72.0 Å². The van der Waals surface area contributed by atoms with E-state index in [1.54, 1.807) is 0 Å². The van der Waals surface area contributed by atoms with E-state index in [-0.39, 0.29) is 42.6 Å². The standard InChI is InChI=1S/C25H22F6N2O3/c26-16-8-15(9-16)22(34)33-12-25(30,31)24(4-5-36-23(35)32-24)20(33)10-13-2-1-3-19(21(13)29)14-6-17(27)11-18(28)7-14/h1-3,6-7,11,15-16,20H,4-5,8-10,12H2,(H,32,35)/t15?,16?,20-,24-/m0/s1. The van der Waals surface area contributed by atoms with Crippen LogP contribution in [0.25, 0.3) is 11.1 Å². The van der Waals surface area contributed by atoms with Gasteiger partial charge in [-0.2, -0.15) is 0 Å². The van der Waals surface area contributed by atoms with Crippen LogP contribution < -0.4 is 5.32 Å². The molecule has 1 N–H and O–H groups in total. The lowest BCUT2D eigenvalue weighted by molar-refractivity contribution is -0.142. The fraction of sp³-hybridized carbons (Fsp3) is 0.440. The minimum absolute atomic E-state index is 0.0882. The number of alkyl halides is 3. The Morgan fingerprint density at radius 3 is 2.44 bits per heavy atom. The van der Waals surface area contributed by atoms with Crippen LogP contribution in [0.2, 0.25) is 0 Å². The van der Waals surface area contributed by atoms with Gasteiger partial charge in [-0.25, -0.2) is 31.1 Å². The van der Waals surface area contributed by atoms with Crippen molar-refractivity contribution in [2.75, 3.05) is 13.2 Å². The van der Waals surface area contributed by atoms with Crippen LogP contribution in [-0.4, -0.2) is 53.7 Å². The number of benzene rings is 2. The summed E-state index contributed by atoms with van der Waals surface area (Å²) in [6.07, 6.45) is -3.23. The Morgan fingerprint density at radius 2 is 1.81 bits per heavy atom. The van der Waals surface area contributed by atoms with Crippen LogP contribution in [0, 0.1) is 23.4 Å². The summed E-state index contributed by atoms with van der Waals surface area (Å²) < 4.78 is 92.3. The second kappa shape index (κ2) is 8.70. The third kappa shape index (κ3) is 3.98. The number of nitrogens with zero attached hydrogens (tertiary/aromatic N) is 1. The first-order valence-corrected chi connectivity index (χ1v) is 11.5. The van der Waals surface area contributed by atoms with Crippen LogP contribution in [0.4, 0.5) is 31.1 Å². The summed E-state index contributed by atoms with van der Waals surface area (Å²) in [5.41, 5.74) is -2.56. The largest absolute Gasteiger partial charge is 0.449 e. The zero-order chi connectivity index (χ0) is 25.8. The molecule has 1 spiro atoms. The van der Waals surface area contributed by atoms with E-state index in [4.69, 9.17) is 4.74 Å². The molecule has 3 aliphatic rings. The van der Waals surface area contributed by atoms with Gasteiger partial charge in [-0.15, -0.1) is 0 Å². The van der Waals surface area contributed by atoms with Crippen molar-refractivity contribution in [3.63, 3.8) is 0 Å². The number of hydrogen-bond acceptors (Lipinski definition) is 3. The molecule has 2 heterocycles. The van der Waals surface area contributed by atoms with Gasteiger partial charge < -0.3 is 15.0 Å². The second-order valence-corrected chi connectivity index (χ2v) is 9.58. The van der Waals surface area contributed by atoms with Gasteiger partial charge in [-0.05, 0) is 42.5 Å². The molecule has 192 valence electrons. The molecule has 2 saturated heterocycles. The summed E-state index contributed by atoms with van der Waals surface area (Å²) in [6, 6.07) is 5.16. The summed E-state index contributed by atoms with van der Waals surface area (Å²) >= 11 is 0. The van der Waals surface area contributed by atoms with Gasteiger partial charge in [-0.3, -0.25) is 4.79 Å². The molecule has 5 rings (SSSR count). The highest BCUT2D eigenvalue weighted by molar-refractivity contribution is 5.82. The minimum atomic E-state index is -3.58. The summed E-state index contributed by atoms with van der Waals surface area (Å²) in [5.74, 6) is -7.78. The van der Waals surface area contributed by atoms with Gasteiger partial charge >= 0.3 is 6.09 Å². The lowest BCUT2D eigenvalue weighted by Crippen LogP contribution is -2.68. The number of carbonyl (C=O) groups excluding carboxylic acids is 2. The molecule has 1 saturated carbocycles. The van der Waals surface area contributed by atoms with Gasteiger partial charge in [0.25, 0.3) is 5.92 Å². The maximum Gasteiger partial charge on any atom is 0.407 e. The molecule has 0 unspecified atom stereocenters. The average molecular weight is 512 g/mol. The molecule has 36 heavy (non-hydrogen) atoms. The van der Waals surface area contributed by atoms with Crippen molar-refractivity contribution in [3.8, 4) is 11.1 Å². The summed E-state index contributed by atoms with van der Waals surface area (Å²) in [7, 11) is 0. The fourth-order valence-electron chi connectivity index (χ4n) is 5.46. The van der Waals surface area contributed by atoms with E-state index in [0.29, 0.717) is 6.07 Å². The van der Waals surface area contributed by atoms with E-state index >= 15 is 13.2 Å². The SMILES string of the molecule is O=C1N[C@@]2(CCO1)[C@H](Cc1cccc(-c3cc(F)cc(F)c3)c1F)N(C(=O)C1CC(F)C1)CC2(F)F. The maximum atomic E-state index is 15.6. The summed E-state index contributed by atoms with van der Waals surface area (Å²) in [6.45, 7) is -1.36. The number of halogens is 6.